The molecule has 0 saturated carbocycles. The Kier molecular flexibility index (Phi) is 6.09. The average Bonchev–Trinajstić information content (AvgIpc) is 2.57. The van der Waals surface area contributed by atoms with E-state index in [-0.39, 0.29) is 11.7 Å². The molecule has 0 saturated heterocycles. The van der Waals surface area contributed by atoms with Crippen molar-refractivity contribution in [1.29, 1.82) is 0 Å². The maximum atomic E-state index is 13.6. The van der Waals surface area contributed by atoms with Crippen LogP contribution < -0.4 is 5.32 Å². The zero-order valence-electron chi connectivity index (χ0n) is 13.6. The van der Waals surface area contributed by atoms with E-state index in [1.54, 1.807) is 30.3 Å². The van der Waals surface area contributed by atoms with Crippen molar-refractivity contribution in [3.8, 4) is 0 Å². The Labute approximate surface area is 136 Å². The fourth-order valence-corrected chi connectivity index (χ4v) is 2.33. The van der Waals surface area contributed by atoms with Crippen LogP contribution in [0.15, 0.2) is 42.6 Å². The molecule has 2 aromatic rings. The van der Waals surface area contributed by atoms with E-state index >= 15 is 0 Å². The molecular formula is C18H22FN3O. The van der Waals surface area contributed by atoms with Gasteiger partial charge in [0.05, 0.1) is 11.3 Å². The second-order valence-electron chi connectivity index (χ2n) is 5.33. The summed E-state index contributed by atoms with van der Waals surface area (Å²) < 4.78 is 13.6. The topological polar surface area (TPSA) is 45.2 Å². The largest absolute Gasteiger partial charge is 0.339 e. The van der Waals surface area contributed by atoms with Gasteiger partial charge in [0.15, 0.2) is 0 Å². The summed E-state index contributed by atoms with van der Waals surface area (Å²) in [6.07, 6.45) is 3.38. The minimum Gasteiger partial charge on any atom is -0.339 e. The van der Waals surface area contributed by atoms with Crippen molar-refractivity contribution in [3.05, 3.63) is 54.0 Å². The number of benzene rings is 1. The fourth-order valence-electron chi connectivity index (χ4n) is 2.33. The van der Waals surface area contributed by atoms with Crippen LogP contribution in [0.1, 0.15) is 37.0 Å². The second kappa shape index (κ2) is 8.27. The molecule has 0 fully saturated rings. The van der Waals surface area contributed by atoms with Gasteiger partial charge in [0.25, 0.3) is 5.91 Å². The first-order valence-electron chi connectivity index (χ1n) is 7.92. The molecule has 5 heteroatoms. The molecule has 0 aliphatic rings. The number of nitrogens with zero attached hydrogens (tertiary/aromatic N) is 2. The minimum atomic E-state index is -0.341. The lowest BCUT2D eigenvalue weighted by Crippen LogP contribution is -2.32. The summed E-state index contributed by atoms with van der Waals surface area (Å²) in [6.45, 7) is 5.58. The maximum Gasteiger partial charge on any atom is 0.255 e. The van der Waals surface area contributed by atoms with Gasteiger partial charge in [0.1, 0.15) is 11.6 Å². The number of rotatable bonds is 7. The molecular weight excluding hydrogens is 293 g/mol. The first kappa shape index (κ1) is 16.9. The third-order valence-corrected chi connectivity index (χ3v) is 3.42. The zero-order chi connectivity index (χ0) is 16.7. The number of amides is 1. The lowest BCUT2D eigenvalue weighted by molar-refractivity contribution is 0.0755. The van der Waals surface area contributed by atoms with Gasteiger partial charge in [-0.05, 0) is 37.1 Å². The van der Waals surface area contributed by atoms with Gasteiger partial charge in [-0.15, -0.1) is 0 Å². The molecule has 1 N–H and O–H groups in total. The van der Waals surface area contributed by atoms with Gasteiger partial charge in [-0.2, -0.15) is 0 Å². The summed E-state index contributed by atoms with van der Waals surface area (Å²) in [6, 6.07) is 9.81. The molecule has 0 bridgehead atoms. The number of carbonyl (C=O) groups is 1. The van der Waals surface area contributed by atoms with Gasteiger partial charge >= 0.3 is 0 Å². The number of halogens is 1. The van der Waals surface area contributed by atoms with Gasteiger partial charge in [-0.3, -0.25) is 4.79 Å². The summed E-state index contributed by atoms with van der Waals surface area (Å²) in [5.74, 6) is 0.148. The van der Waals surface area contributed by atoms with Crippen LogP contribution in [-0.4, -0.2) is 28.9 Å². The van der Waals surface area contributed by atoms with E-state index in [0.717, 1.165) is 25.9 Å². The fraction of sp³-hybridized carbons (Fsp3) is 0.333. The molecule has 4 nitrogen and oxygen atoms in total. The monoisotopic (exact) mass is 315 g/mol. The summed E-state index contributed by atoms with van der Waals surface area (Å²) in [7, 11) is 0. The average molecular weight is 315 g/mol. The molecule has 0 unspecified atom stereocenters. The van der Waals surface area contributed by atoms with Crippen LogP contribution in [-0.2, 0) is 0 Å². The lowest BCUT2D eigenvalue weighted by Gasteiger charge is -2.21. The van der Waals surface area contributed by atoms with E-state index in [4.69, 9.17) is 0 Å². The van der Waals surface area contributed by atoms with Crippen molar-refractivity contribution in [2.75, 3.05) is 18.4 Å². The van der Waals surface area contributed by atoms with Crippen molar-refractivity contribution in [3.63, 3.8) is 0 Å². The highest BCUT2D eigenvalue weighted by Crippen LogP contribution is 2.18. The van der Waals surface area contributed by atoms with Crippen molar-refractivity contribution < 1.29 is 9.18 Å². The van der Waals surface area contributed by atoms with Gasteiger partial charge in [0.2, 0.25) is 0 Å². The standard InChI is InChI=1S/C18H22FN3O/c1-3-11-22(12-4-2)18(23)14-9-10-17(20-13-14)21-16-8-6-5-7-15(16)19/h5-10,13H,3-4,11-12H2,1-2H3,(H,20,21). The molecule has 1 amide bonds. The van der Waals surface area contributed by atoms with E-state index in [2.05, 4.69) is 24.1 Å². The first-order chi connectivity index (χ1) is 11.2. The number of hydrogen-bond donors (Lipinski definition) is 1. The summed E-state index contributed by atoms with van der Waals surface area (Å²) in [5, 5.41) is 2.91. The summed E-state index contributed by atoms with van der Waals surface area (Å²) >= 11 is 0. The highest BCUT2D eigenvalue weighted by Gasteiger charge is 2.14. The van der Waals surface area contributed by atoms with Crippen molar-refractivity contribution in [2.45, 2.75) is 26.7 Å². The Morgan fingerprint density at radius 1 is 1.13 bits per heavy atom. The van der Waals surface area contributed by atoms with E-state index in [1.807, 2.05) is 4.90 Å². The molecule has 23 heavy (non-hydrogen) atoms. The van der Waals surface area contributed by atoms with Crippen LogP contribution in [0.25, 0.3) is 0 Å². The molecule has 122 valence electrons. The van der Waals surface area contributed by atoms with Gasteiger partial charge in [-0.1, -0.05) is 26.0 Å². The number of pyridine rings is 1. The van der Waals surface area contributed by atoms with Crippen LogP contribution in [0.4, 0.5) is 15.9 Å². The third kappa shape index (κ3) is 4.52. The predicted molar refractivity (Wildman–Crippen MR) is 90.4 cm³/mol. The van der Waals surface area contributed by atoms with Gasteiger partial charge < -0.3 is 10.2 Å². The van der Waals surface area contributed by atoms with Crippen molar-refractivity contribution >= 4 is 17.4 Å². The smallest absolute Gasteiger partial charge is 0.255 e. The first-order valence-corrected chi connectivity index (χ1v) is 7.92. The number of nitrogens with one attached hydrogen (secondary N) is 1. The summed E-state index contributed by atoms with van der Waals surface area (Å²) in [4.78, 5) is 18.5. The lowest BCUT2D eigenvalue weighted by atomic mass is 10.2. The number of hydrogen-bond acceptors (Lipinski definition) is 3. The Morgan fingerprint density at radius 2 is 1.83 bits per heavy atom. The van der Waals surface area contributed by atoms with E-state index in [1.165, 1.54) is 12.3 Å². The van der Waals surface area contributed by atoms with Crippen LogP contribution in [0.2, 0.25) is 0 Å². The highest BCUT2D eigenvalue weighted by molar-refractivity contribution is 5.94. The maximum absolute atomic E-state index is 13.6. The van der Waals surface area contributed by atoms with E-state index in [0.29, 0.717) is 17.1 Å². The number of para-hydroxylation sites is 1. The van der Waals surface area contributed by atoms with Gasteiger partial charge in [0, 0.05) is 19.3 Å². The van der Waals surface area contributed by atoms with Crippen LogP contribution in [0, 0.1) is 5.82 Å². The van der Waals surface area contributed by atoms with Crippen LogP contribution in [0.5, 0.6) is 0 Å². The zero-order valence-corrected chi connectivity index (χ0v) is 13.6. The Bertz CT molecular complexity index is 637. The molecule has 0 atom stereocenters. The molecule has 1 heterocycles. The predicted octanol–water partition coefficient (Wildman–Crippen LogP) is 4.23. The molecule has 2 rings (SSSR count). The van der Waals surface area contributed by atoms with Gasteiger partial charge in [-0.25, -0.2) is 9.37 Å². The van der Waals surface area contributed by atoms with Crippen LogP contribution >= 0.6 is 0 Å². The number of carbonyl (C=O) groups excluding carboxylic acids is 1. The molecule has 0 radical (unpaired) electrons. The van der Waals surface area contributed by atoms with Crippen molar-refractivity contribution in [2.24, 2.45) is 0 Å². The Balaban J connectivity index is 2.09. The van der Waals surface area contributed by atoms with Crippen LogP contribution in [0.3, 0.4) is 0 Å². The number of aromatic nitrogens is 1. The highest BCUT2D eigenvalue weighted by atomic mass is 19.1. The third-order valence-electron chi connectivity index (χ3n) is 3.42. The Morgan fingerprint density at radius 3 is 2.39 bits per heavy atom. The van der Waals surface area contributed by atoms with Crippen molar-refractivity contribution in [1.82, 2.24) is 9.88 Å². The normalized spacial score (nSPS) is 10.4. The van der Waals surface area contributed by atoms with E-state index in [9.17, 15) is 9.18 Å². The molecule has 0 aliphatic carbocycles. The number of anilines is 2. The second-order valence-corrected chi connectivity index (χ2v) is 5.33. The molecule has 1 aromatic heterocycles. The SMILES string of the molecule is CCCN(CCC)C(=O)c1ccc(Nc2ccccc2F)nc1. The molecule has 1 aromatic carbocycles. The quantitative estimate of drug-likeness (QED) is 0.832. The van der Waals surface area contributed by atoms with E-state index < -0.39 is 0 Å². The minimum absolute atomic E-state index is 0.0151. The Hall–Kier alpha value is -2.43. The molecule has 0 spiro atoms. The molecule has 0 aliphatic heterocycles. The summed E-state index contributed by atoms with van der Waals surface area (Å²) in [5.41, 5.74) is 0.906.